The van der Waals surface area contributed by atoms with Crippen molar-refractivity contribution in [3.63, 3.8) is 0 Å². The van der Waals surface area contributed by atoms with E-state index in [1.165, 1.54) is 0 Å². The molecule has 0 bridgehead atoms. The fourth-order valence-electron chi connectivity index (χ4n) is 3.23. The minimum absolute atomic E-state index is 0.0885. The predicted octanol–water partition coefficient (Wildman–Crippen LogP) is 3.92. The van der Waals surface area contributed by atoms with Gasteiger partial charge in [0.25, 0.3) is 0 Å². The van der Waals surface area contributed by atoms with Gasteiger partial charge in [0.05, 0.1) is 19.2 Å². The van der Waals surface area contributed by atoms with Gasteiger partial charge in [0.2, 0.25) is 5.91 Å². The van der Waals surface area contributed by atoms with E-state index in [4.69, 9.17) is 20.3 Å². The van der Waals surface area contributed by atoms with E-state index in [1.807, 2.05) is 36.4 Å². The molecule has 1 aliphatic carbocycles. The lowest BCUT2D eigenvalue weighted by Gasteiger charge is -2.14. The fraction of sp³-hybridized carbons (Fsp3) is 0.292. The average Bonchev–Trinajstić information content (AvgIpc) is 3.65. The summed E-state index contributed by atoms with van der Waals surface area (Å²) in [6, 6.07) is 12.3. The maximum Gasteiger partial charge on any atom is 0.320 e. The number of aromatic nitrogens is 1. The van der Waals surface area contributed by atoms with Crippen LogP contribution < -0.4 is 20.5 Å². The van der Waals surface area contributed by atoms with E-state index in [9.17, 15) is 9.59 Å². The number of carbonyl (C=O) groups is 2. The highest BCUT2D eigenvalue weighted by atomic mass is 32.2. The number of pyridine rings is 1. The Hall–Kier alpha value is -3.30. The zero-order valence-electron chi connectivity index (χ0n) is 18.1. The number of ether oxygens (including phenoxy) is 2. The molecular weight excluding hydrogens is 442 g/mol. The van der Waals surface area contributed by atoms with E-state index in [1.54, 1.807) is 31.1 Å². The predicted molar refractivity (Wildman–Crippen MR) is 126 cm³/mol. The van der Waals surface area contributed by atoms with Crippen LogP contribution >= 0.6 is 11.8 Å². The fourth-order valence-corrected chi connectivity index (χ4v) is 4.16. The molecule has 4 rings (SSSR count). The number of nitrogens with zero attached hydrogens (tertiary/aromatic N) is 1. The second kappa shape index (κ2) is 10.1. The summed E-state index contributed by atoms with van der Waals surface area (Å²) in [5, 5.41) is 12.8. The van der Waals surface area contributed by atoms with E-state index >= 15 is 0 Å². The molecule has 2 aromatic carbocycles. The number of hydrogen-bond donors (Lipinski definition) is 3. The van der Waals surface area contributed by atoms with Gasteiger partial charge in [-0.05, 0) is 49.2 Å². The van der Waals surface area contributed by atoms with Crippen LogP contribution in [0.4, 0.5) is 5.69 Å². The van der Waals surface area contributed by atoms with Gasteiger partial charge in [0, 0.05) is 45.5 Å². The number of nitrogens with one attached hydrogen (secondary N) is 1. The van der Waals surface area contributed by atoms with Crippen molar-refractivity contribution in [2.75, 3.05) is 19.0 Å². The Morgan fingerprint density at radius 2 is 1.97 bits per heavy atom. The molecule has 33 heavy (non-hydrogen) atoms. The van der Waals surface area contributed by atoms with Crippen LogP contribution in [-0.4, -0.2) is 41.7 Å². The van der Waals surface area contributed by atoms with E-state index in [-0.39, 0.29) is 24.9 Å². The maximum absolute atomic E-state index is 11.9. The molecule has 1 atom stereocenters. The van der Waals surface area contributed by atoms with Crippen molar-refractivity contribution in [3.8, 4) is 11.5 Å². The zero-order chi connectivity index (χ0) is 23.4. The molecule has 1 saturated carbocycles. The SMILES string of the molecule is COc1cc2c(Sc3ccc(NC(=O)C4CC4)cc3)ccnc2cc1OCCC(N)C(=O)O. The molecule has 1 amide bonds. The third-order valence-corrected chi connectivity index (χ3v) is 6.37. The molecule has 0 saturated heterocycles. The first-order valence-corrected chi connectivity index (χ1v) is 11.4. The van der Waals surface area contributed by atoms with Gasteiger partial charge in [-0.25, -0.2) is 0 Å². The molecule has 1 heterocycles. The smallest absolute Gasteiger partial charge is 0.320 e. The van der Waals surface area contributed by atoms with Crippen LogP contribution in [0.3, 0.4) is 0 Å². The Morgan fingerprint density at radius 3 is 2.64 bits per heavy atom. The molecule has 1 fully saturated rings. The number of carboxylic acids is 1. The highest BCUT2D eigenvalue weighted by molar-refractivity contribution is 7.99. The van der Waals surface area contributed by atoms with E-state index in [0.29, 0.717) is 11.5 Å². The van der Waals surface area contributed by atoms with Gasteiger partial charge in [-0.3, -0.25) is 14.6 Å². The third kappa shape index (κ3) is 5.74. The maximum atomic E-state index is 11.9. The van der Waals surface area contributed by atoms with Crippen molar-refractivity contribution in [1.29, 1.82) is 0 Å². The van der Waals surface area contributed by atoms with Crippen LogP contribution in [-0.2, 0) is 9.59 Å². The summed E-state index contributed by atoms with van der Waals surface area (Å²) >= 11 is 1.58. The molecule has 172 valence electrons. The van der Waals surface area contributed by atoms with Gasteiger partial charge in [-0.1, -0.05) is 11.8 Å². The number of methoxy groups -OCH3 is 1. The van der Waals surface area contributed by atoms with Crippen LogP contribution in [0.2, 0.25) is 0 Å². The van der Waals surface area contributed by atoms with E-state index < -0.39 is 12.0 Å². The van der Waals surface area contributed by atoms with Crippen molar-refractivity contribution >= 4 is 40.2 Å². The van der Waals surface area contributed by atoms with E-state index in [0.717, 1.165) is 39.2 Å². The van der Waals surface area contributed by atoms with Crippen LogP contribution in [0, 0.1) is 5.92 Å². The molecule has 0 spiro atoms. The Labute approximate surface area is 195 Å². The highest BCUT2D eigenvalue weighted by Crippen LogP contribution is 2.38. The van der Waals surface area contributed by atoms with Gasteiger partial charge < -0.3 is 25.6 Å². The molecule has 4 N–H and O–H groups in total. The van der Waals surface area contributed by atoms with Crippen LogP contribution in [0.5, 0.6) is 11.5 Å². The minimum atomic E-state index is -1.06. The first kappa shape index (κ1) is 22.9. The molecule has 9 heteroatoms. The Balaban J connectivity index is 1.49. The lowest BCUT2D eigenvalue weighted by Crippen LogP contribution is -2.31. The van der Waals surface area contributed by atoms with Crippen LogP contribution in [0.25, 0.3) is 10.9 Å². The summed E-state index contributed by atoms with van der Waals surface area (Å²) in [4.78, 5) is 29.3. The summed E-state index contributed by atoms with van der Waals surface area (Å²) in [6.07, 6.45) is 3.85. The number of anilines is 1. The Bertz CT molecular complexity index is 1160. The standard InChI is InChI=1S/C24H25N3O5S/c1-31-20-12-17-19(13-21(20)32-11-9-18(25)24(29)30)26-10-8-22(17)33-16-6-4-15(5-7-16)27-23(28)14-2-3-14/h4-8,10,12-14,18H,2-3,9,11,25H2,1H3,(H,27,28)(H,29,30). The zero-order valence-corrected chi connectivity index (χ0v) is 18.9. The van der Waals surface area contributed by atoms with E-state index in [2.05, 4.69) is 10.3 Å². The minimum Gasteiger partial charge on any atom is -0.493 e. The van der Waals surface area contributed by atoms with Crippen molar-refractivity contribution in [2.45, 2.75) is 35.1 Å². The molecule has 0 radical (unpaired) electrons. The molecular formula is C24H25N3O5S. The molecule has 0 aliphatic heterocycles. The number of nitrogens with two attached hydrogens (primary N) is 1. The third-order valence-electron chi connectivity index (χ3n) is 5.29. The summed E-state index contributed by atoms with van der Waals surface area (Å²) in [6.45, 7) is 0.146. The number of amides is 1. The molecule has 1 aliphatic rings. The van der Waals surface area contributed by atoms with Crippen molar-refractivity contribution in [2.24, 2.45) is 11.7 Å². The number of fused-ring (bicyclic) bond motifs is 1. The van der Waals surface area contributed by atoms with Crippen molar-refractivity contribution < 1.29 is 24.2 Å². The summed E-state index contributed by atoms with van der Waals surface area (Å²) in [5.41, 5.74) is 7.06. The molecule has 8 nitrogen and oxygen atoms in total. The summed E-state index contributed by atoms with van der Waals surface area (Å²) < 4.78 is 11.2. The van der Waals surface area contributed by atoms with Crippen molar-refractivity contribution in [1.82, 2.24) is 4.98 Å². The van der Waals surface area contributed by atoms with Gasteiger partial charge in [-0.2, -0.15) is 0 Å². The number of rotatable bonds is 10. The summed E-state index contributed by atoms with van der Waals surface area (Å²) in [7, 11) is 1.55. The average molecular weight is 468 g/mol. The number of aliphatic carboxylic acids is 1. The first-order chi connectivity index (χ1) is 15.9. The number of carboxylic acid groups (broad SMARTS) is 1. The number of carbonyl (C=O) groups excluding carboxylic acids is 1. The first-order valence-electron chi connectivity index (χ1n) is 10.6. The van der Waals surface area contributed by atoms with Crippen LogP contribution in [0.1, 0.15) is 19.3 Å². The lowest BCUT2D eigenvalue weighted by atomic mass is 10.2. The monoisotopic (exact) mass is 467 g/mol. The summed E-state index contributed by atoms with van der Waals surface area (Å²) in [5.74, 6) is 0.198. The Morgan fingerprint density at radius 1 is 1.21 bits per heavy atom. The highest BCUT2D eigenvalue weighted by Gasteiger charge is 2.29. The topological polar surface area (TPSA) is 124 Å². The normalized spacial score (nSPS) is 14.0. The Kier molecular flexibility index (Phi) is 7.00. The molecule has 1 unspecified atom stereocenters. The largest absolute Gasteiger partial charge is 0.493 e. The molecule has 1 aromatic heterocycles. The van der Waals surface area contributed by atoms with Crippen LogP contribution in [0.15, 0.2) is 58.5 Å². The molecule has 3 aromatic rings. The van der Waals surface area contributed by atoms with Gasteiger partial charge in [0.1, 0.15) is 6.04 Å². The lowest BCUT2D eigenvalue weighted by molar-refractivity contribution is -0.138. The van der Waals surface area contributed by atoms with Gasteiger partial charge in [0.15, 0.2) is 11.5 Å². The number of hydrogen-bond acceptors (Lipinski definition) is 7. The second-order valence-corrected chi connectivity index (χ2v) is 8.92. The quantitative estimate of drug-likeness (QED) is 0.410. The van der Waals surface area contributed by atoms with Gasteiger partial charge >= 0.3 is 5.97 Å². The second-order valence-electron chi connectivity index (χ2n) is 7.80. The number of benzene rings is 2. The van der Waals surface area contributed by atoms with Gasteiger partial charge in [-0.15, -0.1) is 0 Å². The van der Waals surface area contributed by atoms with Crippen molar-refractivity contribution in [3.05, 3.63) is 48.7 Å².